The van der Waals surface area contributed by atoms with Gasteiger partial charge in [-0.2, -0.15) is 0 Å². The Balaban J connectivity index is 1.28. The molecule has 38 heavy (non-hydrogen) atoms. The van der Waals surface area contributed by atoms with E-state index in [9.17, 15) is 14.0 Å². The fourth-order valence-corrected chi connectivity index (χ4v) is 4.46. The smallest absolute Gasteiger partial charge is 0.254 e. The van der Waals surface area contributed by atoms with E-state index in [4.69, 9.17) is 4.74 Å². The van der Waals surface area contributed by atoms with Crippen LogP contribution in [0, 0.1) is 5.82 Å². The van der Waals surface area contributed by atoms with Gasteiger partial charge in [0.1, 0.15) is 18.2 Å². The van der Waals surface area contributed by atoms with Crippen molar-refractivity contribution in [3.8, 4) is 5.75 Å². The van der Waals surface area contributed by atoms with Crippen LogP contribution in [0.4, 0.5) is 10.1 Å². The number of benzene rings is 3. The third-order valence-electron chi connectivity index (χ3n) is 6.50. The standard InChI is InChI=1S/C31H28FN3O3/c32-27-11-5-24(6-12-27)22-38-29-15-7-23(8-16-29)20-34(21-25-3-1-17-33-19-25)31(37)26-9-13-28(14-10-26)35-18-2-4-30(35)36/h1,3,5-17,19H,2,4,18,20-22H2. The number of hydrogen-bond donors (Lipinski definition) is 0. The van der Waals surface area contributed by atoms with Crippen LogP contribution < -0.4 is 9.64 Å². The summed E-state index contributed by atoms with van der Waals surface area (Å²) in [6, 6.07) is 24.9. The van der Waals surface area contributed by atoms with E-state index in [0.717, 1.165) is 28.8 Å². The summed E-state index contributed by atoms with van der Waals surface area (Å²) < 4.78 is 18.9. The Labute approximate surface area is 221 Å². The van der Waals surface area contributed by atoms with Crippen LogP contribution in [0.25, 0.3) is 0 Å². The number of rotatable bonds is 9. The zero-order valence-corrected chi connectivity index (χ0v) is 20.9. The molecule has 0 bridgehead atoms. The monoisotopic (exact) mass is 509 g/mol. The summed E-state index contributed by atoms with van der Waals surface area (Å²) in [6.45, 7) is 1.85. The summed E-state index contributed by atoms with van der Waals surface area (Å²) in [5, 5.41) is 0. The molecule has 5 rings (SSSR count). The van der Waals surface area contributed by atoms with E-state index in [1.165, 1.54) is 12.1 Å². The Hall–Kier alpha value is -4.52. The molecular weight excluding hydrogens is 481 g/mol. The minimum absolute atomic E-state index is 0.107. The second-order valence-electron chi connectivity index (χ2n) is 9.28. The first-order chi connectivity index (χ1) is 18.5. The van der Waals surface area contributed by atoms with Gasteiger partial charge in [0.15, 0.2) is 0 Å². The number of hydrogen-bond acceptors (Lipinski definition) is 4. The molecule has 7 heteroatoms. The fraction of sp³-hybridized carbons (Fsp3) is 0.194. The van der Waals surface area contributed by atoms with Crippen LogP contribution in [-0.4, -0.2) is 28.2 Å². The van der Waals surface area contributed by atoms with Crippen molar-refractivity contribution in [2.45, 2.75) is 32.5 Å². The highest BCUT2D eigenvalue weighted by Crippen LogP contribution is 2.23. The third-order valence-corrected chi connectivity index (χ3v) is 6.50. The molecule has 3 aromatic carbocycles. The maximum atomic E-state index is 13.6. The summed E-state index contributed by atoms with van der Waals surface area (Å²) in [6.07, 6.45) is 4.89. The Morgan fingerprint density at radius 1 is 0.895 bits per heavy atom. The molecule has 6 nitrogen and oxygen atoms in total. The molecule has 1 aliphatic rings. The number of carbonyl (C=O) groups excluding carboxylic acids is 2. The van der Waals surface area contributed by atoms with E-state index in [1.54, 1.807) is 46.5 Å². The van der Waals surface area contributed by atoms with Crippen LogP contribution in [0.1, 0.15) is 39.9 Å². The molecular formula is C31H28FN3O3. The lowest BCUT2D eigenvalue weighted by molar-refractivity contribution is -0.117. The highest BCUT2D eigenvalue weighted by atomic mass is 19.1. The van der Waals surface area contributed by atoms with Crippen LogP contribution in [0.3, 0.4) is 0 Å². The number of aromatic nitrogens is 1. The topological polar surface area (TPSA) is 62.7 Å². The lowest BCUT2D eigenvalue weighted by atomic mass is 10.1. The van der Waals surface area contributed by atoms with Crippen molar-refractivity contribution in [1.29, 1.82) is 0 Å². The average molecular weight is 510 g/mol. The van der Waals surface area contributed by atoms with Crippen molar-refractivity contribution in [1.82, 2.24) is 9.88 Å². The summed E-state index contributed by atoms with van der Waals surface area (Å²) in [7, 11) is 0. The molecule has 0 radical (unpaired) electrons. The van der Waals surface area contributed by atoms with Crippen LogP contribution in [0.2, 0.25) is 0 Å². The second kappa shape index (κ2) is 11.7. The maximum Gasteiger partial charge on any atom is 0.254 e. The van der Waals surface area contributed by atoms with Crippen molar-refractivity contribution in [2.75, 3.05) is 11.4 Å². The molecule has 1 aliphatic heterocycles. The predicted molar refractivity (Wildman–Crippen MR) is 143 cm³/mol. The lowest BCUT2D eigenvalue weighted by Crippen LogP contribution is -2.30. The van der Waals surface area contributed by atoms with E-state index in [0.29, 0.717) is 44.0 Å². The summed E-state index contributed by atoms with van der Waals surface area (Å²) in [5.74, 6) is 0.425. The van der Waals surface area contributed by atoms with E-state index in [1.807, 2.05) is 48.5 Å². The number of anilines is 1. The Bertz CT molecular complexity index is 1380. The van der Waals surface area contributed by atoms with Gasteiger partial charge in [0, 0.05) is 49.7 Å². The van der Waals surface area contributed by atoms with E-state index >= 15 is 0 Å². The highest BCUT2D eigenvalue weighted by Gasteiger charge is 2.22. The zero-order chi connectivity index (χ0) is 26.3. The van der Waals surface area contributed by atoms with Crippen molar-refractivity contribution in [3.05, 3.63) is 125 Å². The largest absolute Gasteiger partial charge is 0.489 e. The van der Waals surface area contributed by atoms with Crippen LogP contribution in [-0.2, 0) is 24.5 Å². The summed E-state index contributed by atoms with van der Waals surface area (Å²) in [5.41, 5.74) is 4.14. The number of amides is 2. The van der Waals surface area contributed by atoms with Gasteiger partial charge >= 0.3 is 0 Å². The molecule has 0 unspecified atom stereocenters. The Morgan fingerprint density at radius 3 is 2.26 bits per heavy atom. The number of carbonyl (C=O) groups is 2. The first-order valence-electron chi connectivity index (χ1n) is 12.6. The van der Waals surface area contributed by atoms with Gasteiger partial charge in [-0.05, 0) is 77.7 Å². The van der Waals surface area contributed by atoms with Gasteiger partial charge < -0.3 is 14.5 Å². The molecule has 0 saturated carbocycles. The Morgan fingerprint density at radius 2 is 1.61 bits per heavy atom. The van der Waals surface area contributed by atoms with Crippen LogP contribution in [0.15, 0.2) is 97.3 Å². The van der Waals surface area contributed by atoms with E-state index in [-0.39, 0.29) is 17.6 Å². The van der Waals surface area contributed by atoms with Gasteiger partial charge in [0.2, 0.25) is 5.91 Å². The van der Waals surface area contributed by atoms with Gasteiger partial charge in [0.05, 0.1) is 0 Å². The first kappa shape index (κ1) is 25.1. The number of nitrogens with zero attached hydrogens (tertiary/aromatic N) is 3. The highest BCUT2D eigenvalue weighted by molar-refractivity contribution is 5.97. The molecule has 2 amide bonds. The normalized spacial score (nSPS) is 13.0. The zero-order valence-electron chi connectivity index (χ0n) is 20.9. The van der Waals surface area contributed by atoms with Crippen molar-refractivity contribution >= 4 is 17.5 Å². The van der Waals surface area contributed by atoms with Gasteiger partial charge in [-0.15, -0.1) is 0 Å². The summed E-state index contributed by atoms with van der Waals surface area (Å²) >= 11 is 0. The maximum absolute atomic E-state index is 13.6. The molecule has 0 atom stereocenters. The first-order valence-corrected chi connectivity index (χ1v) is 12.6. The number of halogens is 1. The van der Waals surface area contributed by atoms with E-state index < -0.39 is 0 Å². The second-order valence-corrected chi connectivity index (χ2v) is 9.28. The molecule has 1 saturated heterocycles. The number of pyridine rings is 1. The van der Waals surface area contributed by atoms with E-state index in [2.05, 4.69) is 4.98 Å². The Kier molecular flexibility index (Phi) is 7.73. The minimum Gasteiger partial charge on any atom is -0.489 e. The van der Waals surface area contributed by atoms with Crippen molar-refractivity contribution < 1.29 is 18.7 Å². The molecule has 1 fully saturated rings. The average Bonchev–Trinajstić information content (AvgIpc) is 3.39. The van der Waals surface area contributed by atoms with Crippen LogP contribution >= 0.6 is 0 Å². The third kappa shape index (κ3) is 6.24. The molecule has 0 spiro atoms. The SMILES string of the molecule is O=C(c1ccc(N2CCCC2=O)cc1)N(Cc1ccc(OCc2ccc(F)cc2)cc1)Cc1cccnc1. The van der Waals surface area contributed by atoms with Crippen molar-refractivity contribution in [3.63, 3.8) is 0 Å². The van der Waals surface area contributed by atoms with Gasteiger partial charge in [-0.25, -0.2) is 4.39 Å². The van der Waals surface area contributed by atoms with Crippen LogP contribution in [0.5, 0.6) is 5.75 Å². The van der Waals surface area contributed by atoms with Gasteiger partial charge in [-0.1, -0.05) is 30.3 Å². The van der Waals surface area contributed by atoms with Gasteiger partial charge in [-0.3, -0.25) is 14.6 Å². The quantitative estimate of drug-likeness (QED) is 0.287. The number of ether oxygens (including phenoxy) is 1. The predicted octanol–water partition coefficient (Wildman–Crippen LogP) is 5.77. The van der Waals surface area contributed by atoms with Gasteiger partial charge in [0.25, 0.3) is 5.91 Å². The molecule has 0 aliphatic carbocycles. The minimum atomic E-state index is -0.277. The molecule has 4 aromatic rings. The molecule has 192 valence electrons. The molecule has 2 heterocycles. The van der Waals surface area contributed by atoms with Crippen molar-refractivity contribution in [2.24, 2.45) is 0 Å². The lowest BCUT2D eigenvalue weighted by Gasteiger charge is -2.24. The fourth-order valence-electron chi connectivity index (χ4n) is 4.46. The molecule has 0 N–H and O–H groups in total. The summed E-state index contributed by atoms with van der Waals surface area (Å²) in [4.78, 5) is 33.4. The molecule has 1 aromatic heterocycles.